The molecule has 0 spiro atoms. The van der Waals surface area contributed by atoms with E-state index in [1.54, 1.807) is 0 Å². The molecule has 1 aromatic carbocycles. The number of benzene rings is 1. The van der Waals surface area contributed by atoms with Gasteiger partial charge in [0.15, 0.2) is 11.5 Å². The molecular weight excluding hydrogens is 244 g/mol. The largest absolute Gasteiger partial charge is 0.415 e. The van der Waals surface area contributed by atoms with Gasteiger partial charge in [0.05, 0.1) is 0 Å². The Morgan fingerprint density at radius 2 is 1.11 bits per heavy atom. The van der Waals surface area contributed by atoms with Gasteiger partial charge in [0.1, 0.15) is 0 Å². The summed E-state index contributed by atoms with van der Waals surface area (Å²) in [6, 6.07) is 5.38. The van der Waals surface area contributed by atoms with Crippen molar-refractivity contribution in [2.75, 3.05) is 0 Å². The highest BCUT2D eigenvalue weighted by Crippen LogP contribution is 2.26. The fourth-order valence-electron chi connectivity index (χ4n) is 0.919. The second-order valence-corrected chi connectivity index (χ2v) is 2.95. The van der Waals surface area contributed by atoms with Gasteiger partial charge in [-0.05, 0) is 12.1 Å². The molecule has 94 valence electrons. The number of ether oxygens (including phenoxy) is 2. The van der Waals surface area contributed by atoms with E-state index in [2.05, 4.69) is 20.9 Å². The van der Waals surface area contributed by atoms with Gasteiger partial charge >= 0.3 is 23.8 Å². The van der Waals surface area contributed by atoms with E-state index in [0.717, 1.165) is 0 Å². The smallest absolute Gasteiger partial charge is 0.402 e. The molecule has 0 heterocycles. The zero-order valence-electron chi connectivity index (χ0n) is 8.91. The fraction of sp³-hybridized carbons (Fsp3) is 0. The highest BCUT2D eigenvalue weighted by molar-refractivity contribution is 6.33. The molecule has 0 aliphatic rings. The van der Waals surface area contributed by atoms with Crippen LogP contribution in [0.1, 0.15) is 0 Å². The van der Waals surface area contributed by atoms with Crippen molar-refractivity contribution < 1.29 is 28.7 Å². The third-order valence-electron chi connectivity index (χ3n) is 1.66. The van der Waals surface area contributed by atoms with E-state index in [4.69, 9.17) is 0 Å². The summed E-state index contributed by atoms with van der Waals surface area (Å²) >= 11 is 0. The molecule has 1 rings (SSSR count). The predicted octanol–water partition coefficient (Wildman–Crippen LogP) is -1.53. The lowest BCUT2D eigenvalue weighted by atomic mass is 10.3. The van der Waals surface area contributed by atoms with Crippen molar-refractivity contribution in [1.29, 1.82) is 0 Å². The first-order chi connectivity index (χ1) is 8.41. The number of carbonyl (C=O) groups excluding carboxylic acids is 4. The second-order valence-electron chi connectivity index (χ2n) is 2.95. The van der Waals surface area contributed by atoms with Crippen molar-refractivity contribution in [2.24, 2.45) is 11.5 Å². The van der Waals surface area contributed by atoms with E-state index in [0.29, 0.717) is 0 Å². The summed E-state index contributed by atoms with van der Waals surface area (Å²) in [7, 11) is 0. The van der Waals surface area contributed by atoms with Gasteiger partial charge in [-0.3, -0.25) is 9.59 Å². The molecule has 2 amide bonds. The van der Waals surface area contributed by atoms with Crippen LogP contribution in [0, 0.1) is 0 Å². The SMILES string of the molecule is NC(=O)C(=O)Oc1ccccc1OC(=O)C(N)=O. The molecule has 0 radical (unpaired) electrons. The first-order valence-electron chi connectivity index (χ1n) is 4.54. The Morgan fingerprint density at radius 1 is 0.778 bits per heavy atom. The number of nitrogens with two attached hydrogens (primary N) is 2. The fourth-order valence-corrected chi connectivity index (χ4v) is 0.919. The van der Waals surface area contributed by atoms with Crippen molar-refractivity contribution in [1.82, 2.24) is 0 Å². The van der Waals surface area contributed by atoms with Crippen molar-refractivity contribution >= 4 is 23.8 Å². The maximum absolute atomic E-state index is 11.0. The highest BCUT2D eigenvalue weighted by Gasteiger charge is 2.18. The predicted molar refractivity (Wildman–Crippen MR) is 56.1 cm³/mol. The number of para-hydroxylation sites is 2. The molecule has 18 heavy (non-hydrogen) atoms. The lowest BCUT2D eigenvalue weighted by Gasteiger charge is -2.07. The average molecular weight is 252 g/mol. The summed E-state index contributed by atoms with van der Waals surface area (Å²) in [5.41, 5.74) is 9.38. The minimum Gasteiger partial charge on any atom is -0.415 e. The number of primary amides is 2. The maximum Gasteiger partial charge on any atom is 0.402 e. The van der Waals surface area contributed by atoms with Crippen LogP contribution in [0.15, 0.2) is 24.3 Å². The number of amides is 2. The summed E-state index contributed by atoms with van der Waals surface area (Å²) < 4.78 is 9.09. The Hall–Kier alpha value is -2.90. The Labute approximate surface area is 100 Å². The molecular formula is C10H8N2O6. The molecule has 0 saturated carbocycles. The lowest BCUT2D eigenvalue weighted by Crippen LogP contribution is -2.29. The third kappa shape index (κ3) is 3.30. The number of hydrogen-bond donors (Lipinski definition) is 2. The van der Waals surface area contributed by atoms with E-state index in [9.17, 15) is 19.2 Å². The number of esters is 2. The average Bonchev–Trinajstić information content (AvgIpc) is 2.31. The van der Waals surface area contributed by atoms with Crippen LogP contribution in [-0.2, 0) is 19.2 Å². The van der Waals surface area contributed by atoms with Crippen LogP contribution in [0.5, 0.6) is 11.5 Å². The van der Waals surface area contributed by atoms with Gasteiger partial charge in [-0.1, -0.05) is 12.1 Å². The van der Waals surface area contributed by atoms with Gasteiger partial charge in [0.25, 0.3) is 0 Å². The molecule has 0 bridgehead atoms. The Balaban J connectivity index is 2.93. The molecule has 4 N–H and O–H groups in total. The van der Waals surface area contributed by atoms with Gasteiger partial charge in [-0.15, -0.1) is 0 Å². The highest BCUT2D eigenvalue weighted by atomic mass is 16.6. The van der Waals surface area contributed by atoms with E-state index in [-0.39, 0.29) is 11.5 Å². The molecule has 0 unspecified atom stereocenters. The number of hydrogen-bond acceptors (Lipinski definition) is 6. The van der Waals surface area contributed by atoms with Crippen LogP contribution in [-0.4, -0.2) is 23.8 Å². The molecule has 8 heteroatoms. The molecule has 0 saturated heterocycles. The molecule has 1 aromatic rings. The topological polar surface area (TPSA) is 139 Å². The van der Waals surface area contributed by atoms with Crippen LogP contribution in [0.4, 0.5) is 0 Å². The molecule has 8 nitrogen and oxygen atoms in total. The minimum absolute atomic E-state index is 0.240. The van der Waals surface area contributed by atoms with Crippen molar-refractivity contribution in [2.45, 2.75) is 0 Å². The molecule has 0 aliphatic heterocycles. The molecule has 0 aliphatic carbocycles. The van der Waals surface area contributed by atoms with Crippen molar-refractivity contribution in [3.63, 3.8) is 0 Å². The Kier molecular flexibility index (Phi) is 3.98. The maximum atomic E-state index is 11.0. The molecule has 0 aromatic heterocycles. The summed E-state index contributed by atoms with van der Waals surface area (Å²) in [4.78, 5) is 42.9. The van der Waals surface area contributed by atoms with Gasteiger partial charge in [0, 0.05) is 0 Å². The molecule has 0 fully saturated rings. The van der Waals surface area contributed by atoms with Crippen LogP contribution in [0.3, 0.4) is 0 Å². The normalized spacial score (nSPS) is 9.33. The van der Waals surface area contributed by atoms with Gasteiger partial charge in [-0.25, -0.2) is 9.59 Å². The number of carbonyl (C=O) groups is 4. The zero-order chi connectivity index (χ0) is 13.7. The summed E-state index contributed by atoms with van der Waals surface area (Å²) in [6.45, 7) is 0. The van der Waals surface area contributed by atoms with Crippen LogP contribution < -0.4 is 20.9 Å². The Bertz CT molecular complexity index is 478. The van der Waals surface area contributed by atoms with Gasteiger partial charge in [-0.2, -0.15) is 0 Å². The van der Waals surface area contributed by atoms with Crippen molar-refractivity contribution in [3.05, 3.63) is 24.3 Å². The third-order valence-corrected chi connectivity index (χ3v) is 1.66. The van der Waals surface area contributed by atoms with Crippen LogP contribution in [0.2, 0.25) is 0 Å². The zero-order valence-corrected chi connectivity index (χ0v) is 8.91. The Morgan fingerprint density at radius 3 is 1.39 bits per heavy atom. The first-order valence-corrected chi connectivity index (χ1v) is 4.54. The summed E-state index contributed by atoms with van der Waals surface area (Å²) in [6.07, 6.45) is 0. The van der Waals surface area contributed by atoms with E-state index in [1.807, 2.05) is 0 Å². The quantitative estimate of drug-likeness (QED) is 0.372. The second kappa shape index (κ2) is 5.43. The van der Waals surface area contributed by atoms with E-state index >= 15 is 0 Å². The minimum atomic E-state index is -1.34. The summed E-state index contributed by atoms with van der Waals surface area (Å²) in [5, 5.41) is 0. The number of rotatable bonds is 2. The first kappa shape index (κ1) is 13.2. The van der Waals surface area contributed by atoms with Crippen LogP contribution >= 0.6 is 0 Å². The summed E-state index contributed by atoms with van der Waals surface area (Å²) in [5.74, 6) is -5.78. The lowest BCUT2D eigenvalue weighted by molar-refractivity contribution is -0.148. The standard InChI is InChI=1S/C10H8N2O6/c11-7(13)9(15)17-5-3-1-2-4-6(5)18-10(16)8(12)14/h1-4H,(H2,11,13)(H2,12,14). The van der Waals surface area contributed by atoms with Gasteiger partial charge in [0.2, 0.25) is 0 Å². The van der Waals surface area contributed by atoms with Crippen LogP contribution in [0.25, 0.3) is 0 Å². The molecule has 0 atom stereocenters. The van der Waals surface area contributed by atoms with Gasteiger partial charge < -0.3 is 20.9 Å². The van der Waals surface area contributed by atoms with E-state index in [1.165, 1.54) is 24.3 Å². The van der Waals surface area contributed by atoms with E-state index < -0.39 is 23.8 Å². The monoisotopic (exact) mass is 252 g/mol. The van der Waals surface area contributed by atoms with Crippen molar-refractivity contribution in [3.8, 4) is 11.5 Å².